The highest BCUT2D eigenvalue weighted by Crippen LogP contribution is 2.53. The van der Waals surface area contributed by atoms with Crippen molar-refractivity contribution < 1.29 is 14.7 Å². The maximum Gasteiger partial charge on any atom is 0.139 e. The Morgan fingerprint density at radius 1 is 0.613 bits per heavy atom. The first-order valence-corrected chi connectivity index (χ1v) is 27.0. The fraction of sp³-hybridized carbons (Fsp3) is 0.943. The number of aliphatic hydroxyl groups is 1. The predicted octanol–water partition coefficient (Wildman–Crippen LogP) is 11.9. The van der Waals surface area contributed by atoms with Gasteiger partial charge in [-0.3, -0.25) is 9.69 Å². The second kappa shape index (κ2) is 21.4. The third kappa shape index (κ3) is 10.7. The summed E-state index contributed by atoms with van der Waals surface area (Å²) < 4.78 is 0. The number of nitrogens with zero attached hydrogens (tertiary/aromatic N) is 5. The fourth-order valence-electron chi connectivity index (χ4n) is 15.8. The molecule has 9 rings (SSSR count). The average Bonchev–Trinajstić information content (AvgIpc) is 3.57. The number of allylic oxidation sites excluding steroid dienone is 2. The minimum absolute atomic E-state index is 0.0773. The van der Waals surface area contributed by atoms with Crippen LogP contribution in [0.25, 0.3) is 0 Å². The number of Topliss-reactive ketones (excluding diaryl/α,β-unsaturated/α-hetero) is 1. The zero-order valence-electron chi connectivity index (χ0n) is 39.4. The lowest BCUT2D eigenvalue weighted by molar-refractivity contribution is -0.125. The molecule has 9 saturated carbocycles. The fourth-order valence-corrected chi connectivity index (χ4v) is 15.8. The third-order valence-corrected chi connectivity index (χ3v) is 19.5. The summed E-state index contributed by atoms with van der Waals surface area (Å²) in [6, 6.07) is 3.07. The van der Waals surface area contributed by atoms with Gasteiger partial charge in [-0.05, 0) is 201 Å². The molecule has 9 fully saturated rings. The SMILES string of the molecule is CN=NC1CCC2C(C1)C(=O)C1CC(N=NC3C(O)C(CONC4CCC(/C=C/C5CCC(N(C6CCC(C)CC6)C6CCC(C)CC6)CC5)CC4)CC4CCCCC43)CCC12. The van der Waals surface area contributed by atoms with Crippen LogP contribution in [0, 0.1) is 65.1 Å². The molecule has 62 heavy (non-hydrogen) atoms. The van der Waals surface area contributed by atoms with Crippen LogP contribution in [0.2, 0.25) is 0 Å². The van der Waals surface area contributed by atoms with Crippen LogP contribution in [0.15, 0.2) is 32.6 Å². The second-order valence-electron chi connectivity index (χ2n) is 23.4. The van der Waals surface area contributed by atoms with Crippen LogP contribution >= 0.6 is 0 Å². The van der Waals surface area contributed by atoms with E-state index in [9.17, 15) is 9.90 Å². The number of fused-ring (bicyclic) bond motifs is 4. The molecule has 0 aromatic rings. The summed E-state index contributed by atoms with van der Waals surface area (Å²) in [6.07, 6.45) is 38.5. The molecule has 9 aliphatic carbocycles. The number of aliphatic hydroxyl groups excluding tert-OH is 1. The van der Waals surface area contributed by atoms with Crippen LogP contribution in [0.1, 0.15) is 187 Å². The molecule has 9 aliphatic rings. The molecule has 0 aromatic heterocycles. The van der Waals surface area contributed by atoms with Crippen molar-refractivity contribution in [3.05, 3.63) is 12.2 Å². The molecular weight excluding hydrogens is 769 g/mol. The Bertz CT molecular complexity index is 1480. The number of azo groups is 2. The summed E-state index contributed by atoms with van der Waals surface area (Å²) in [7, 11) is 1.75. The first kappa shape index (κ1) is 45.6. The van der Waals surface area contributed by atoms with E-state index in [0.717, 1.165) is 100 Å². The standard InChI is InChI=1S/C53H88N6O3/c1-34-8-22-43(23-9-34)59(44-24-10-35(2)11-25-44)45-26-16-37(17-27-45)13-12-36-14-18-40(19-15-36)58-62-33-39-30-38-6-4-5-7-46(38)51(52(39)60)57-56-42-21-29-48-47-28-20-41(55-54-3)31-49(47)53(61)50(48)32-42/h12-13,34-52,58,60H,4-11,14-33H2,1-3H3/b13-12+,55-54?,57-56?. The van der Waals surface area contributed by atoms with E-state index < -0.39 is 6.10 Å². The topological polar surface area (TPSA) is 111 Å². The van der Waals surface area contributed by atoms with Gasteiger partial charge < -0.3 is 9.94 Å². The Labute approximate surface area is 376 Å². The molecule has 11 unspecified atom stereocenters. The number of carbonyl (C=O) groups is 1. The van der Waals surface area contributed by atoms with Crippen molar-refractivity contribution in [1.29, 1.82) is 0 Å². The molecule has 11 atom stereocenters. The molecule has 9 heteroatoms. The summed E-state index contributed by atoms with van der Waals surface area (Å²) in [4.78, 5) is 23.1. The molecule has 0 aromatic carbocycles. The molecule has 0 spiro atoms. The smallest absolute Gasteiger partial charge is 0.139 e. The van der Waals surface area contributed by atoms with Gasteiger partial charge in [-0.2, -0.15) is 25.9 Å². The van der Waals surface area contributed by atoms with E-state index in [-0.39, 0.29) is 35.9 Å². The lowest BCUT2D eigenvalue weighted by atomic mass is 9.64. The minimum atomic E-state index is -0.525. The second-order valence-corrected chi connectivity index (χ2v) is 23.4. The van der Waals surface area contributed by atoms with Gasteiger partial charge in [0.1, 0.15) is 11.8 Å². The highest BCUT2D eigenvalue weighted by atomic mass is 16.6. The van der Waals surface area contributed by atoms with Gasteiger partial charge in [0, 0.05) is 49.0 Å². The predicted molar refractivity (Wildman–Crippen MR) is 248 cm³/mol. The molecule has 2 N–H and O–H groups in total. The molecule has 0 amide bonds. The molecule has 0 bridgehead atoms. The number of nitrogens with one attached hydrogen (secondary N) is 1. The first-order chi connectivity index (χ1) is 30.3. The van der Waals surface area contributed by atoms with Gasteiger partial charge in [-0.25, -0.2) is 0 Å². The first-order valence-electron chi connectivity index (χ1n) is 27.0. The summed E-state index contributed by atoms with van der Waals surface area (Å²) >= 11 is 0. The average molecular weight is 857 g/mol. The van der Waals surface area contributed by atoms with Crippen LogP contribution in [0.5, 0.6) is 0 Å². The molecule has 0 saturated heterocycles. The summed E-state index contributed by atoms with van der Waals surface area (Å²) in [5.74, 6) is 6.20. The van der Waals surface area contributed by atoms with Crippen molar-refractivity contribution in [1.82, 2.24) is 10.4 Å². The van der Waals surface area contributed by atoms with E-state index in [1.54, 1.807) is 7.05 Å². The molecule has 0 heterocycles. The Balaban J connectivity index is 0.710. The van der Waals surface area contributed by atoms with Gasteiger partial charge in [-0.15, -0.1) is 0 Å². The molecule has 9 nitrogen and oxygen atoms in total. The lowest BCUT2D eigenvalue weighted by Gasteiger charge is -2.49. The normalized spacial score (nSPS) is 46.9. The van der Waals surface area contributed by atoms with Crippen molar-refractivity contribution >= 4 is 5.78 Å². The zero-order chi connectivity index (χ0) is 42.6. The monoisotopic (exact) mass is 857 g/mol. The minimum Gasteiger partial charge on any atom is -0.390 e. The number of hydrogen-bond acceptors (Lipinski definition) is 9. The number of ketones is 1. The van der Waals surface area contributed by atoms with Crippen molar-refractivity contribution in [2.24, 2.45) is 85.6 Å². The largest absolute Gasteiger partial charge is 0.390 e. The van der Waals surface area contributed by atoms with E-state index in [1.807, 2.05) is 0 Å². The molecule has 0 radical (unpaired) electrons. The van der Waals surface area contributed by atoms with Gasteiger partial charge >= 0.3 is 0 Å². The van der Waals surface area contributed by atoms with E-state index >= 15 is 0 Å². The molecule has 0 aliphatic heterocycles. The van der Waals surface area contributed by atoms with E-state index in [0.29, 0.717) is 48.0 Å². The van der Waals surface area contributed by atoms with Gasteiger partial charge in [0.2, 0.25) is 0 Å². The number of hydroxylamine groups is 1. The Hall–Kier alpha value is -1.55. The lowest BCUT2D eigenvalue weighted by Crippen LogP contribution is -2.52. The van der Waals surface area contributed by atoms with Gasteiger partial charge in [-0.1, -0.05) is 45.3 Å². The summed E-state index contributed by atoms with van der Waals surface area (Å²) in [5.41, 5.74) is 3.48. The summed E-state index contributed by atoms with van der Waals surface area (Å²) in [5, 5.41) is 30.4. The van der Waals surface area contributed by atoms with Crippen molar-refractivity contribution in [3.63, 3.8) is 0 Å². The van der Waals surface area contributed by atoms with Gasteiger partial charge in [0.05, 0.1) is 24.8 Å². The Morgan fingerprint density at radius 3 is 1.73 bits per heavy atom. The maximum atomic E-state index is 13.7. The van der Waals surface area contributed by atoms with Crippen LogP contribution in [-0.2, 0) is 9.63 Å². The molecular formula is C53H88N6O3. The highest BCUT2D eigenvalue weighted by Gasteiger charge is 2.54. The maximum absolute atomic E-state index is 13.7. The van der Waals surface area contributed by atoms with Gasteiger partial charge in [0.25, 0.3) is 0 Å². The Morgan fingerprint density at radius 2 is 1.15 bits per heavy atom. The van der Waals surface area contributed by atoms with Crippen molar-refractivity contribution in [3.8, 4) is 0 Å². The van der Waals surface area contributed by atoms with Crippen LogP contribution in [0.3, 0.4) is 0 Å². The number of rotatable bonds is 12. The number of carbonyl (C=O) groups excluding carboxylic acids is 1. The van der Waals surface area contributed by atoms with Crippen LogP contribution in [-0.4, -0.2) is 77.8 Å². The summed E-state index contributed by atoms with van der Waals surface area (Å²) in [6.45, 7) is 5.49. The number of hydrogen-bond donors (Lipinski definition) is 2. The molecule has 348 valence electrons. The van der Waals surface area contributed by atoms with Crippen molar-refractivity contribution in [2.45, 2.75) is 236 Å². The Kier molecular flexibility index (Phi) is 15.7. The van der Waals surface area contributed by atoms with Gasteiger partial charge in [0.15, 0.2) is 0 Å². The van der Waals surface area contributed by atoms with E-state index in [1.165, 1.54) is 109 Å². The third-order valence-electron chi connectivity index (χ3n) is 19.5. The highest BCUT2D eigenvalue weighted by molar-refractivity contribution is 5.86. The van der Waals surface area contributed by atoms with E-state index in [4.69, 9.17) is 15.1 Å². The van der Waals surface area contributed by atoms with Crippen LogP contribution < -0.4 is 5.48 Å². The van der Waals surface area contributed by atoms with E-state index in [2.05, 4.69) is 46.6 Å². The zero-order valence-corrected chi connectivity index (χ0v) is 39.4. The quantitative estimate of drug-likeness (QED) is 0.115. The van der Waals surface area contributed by atoms with Crippen LogP contribution in [0.4, 0.5) is 0 Å². The van der Waals surface area contributed by atoms with Crippen molar-refractivity contribution in [2.75, 3.05) is 13.7 Å².